The van der Waals surface area contributed by atoms with Crippen LogP contribution in [0.1, 0.15) is 19.3 Å². The topological polar surface area (TPSA) is 86.5 Å². The summed E-state index contributed by atoms with van der Waals surface area (Å²) in [6.45, 7) is 2.38. The molecule has 0 radical (unpaired) electrons. The second-order valence-corrected chi connectivity index (χ2v) is 5.29. The van der Waals surface area contributed by atoms with Gasteiger partial charge < -0.3 is 14.8 Å². The van der Waals surface area contributed by atoms with E-state index in [1.54, 1.807) is 0 Å². The molecule has 3 heterocycles. The fourth-order valence-electron chi connectivity index (χ4n) is 2.90. The summed E-state index contributed by atoms with van der Waals surface area (Å²) in [4.78, 5) is 14.2. The third-order valence-electron chi connectivity index (χ3n) is 3.94. The summed E-state index contributed by atoms with van der Waals surface area (Å²) in [5.74, 6) is 0.268. The molecule has 7 heteroatoms. The van der Waals surface area contributed by atoms with E-state index < -0.39 is 4.92 Å². The number of nitro groups is 1. The molecule has 1 atom stereocenters. The summed E-state index contributed by atoms with van der Waals surface area (Å²) >= 11 is 0. The number of nitrogens with one attached hydrogen (secondary N) is 1. The molecule has 1 spiro atoms. The maximum absolute atomic E-state index is 10.9. The highest BCUT2D eigenvalue weighted by atomic mass is 16.6. The minimum atomic E-state index is -0.474. The first kappa shape index (κ1) is 13.3. The van der Waals surface area contributed by atoms with E-state index in [1.807, 2.05) is 0 Å². The van der Waals surface area contributed by atoms with E-state index in [-0.39, 0.29) is 23.1 Å². The average molecular weight is 279 g/mol. The van der Waals surface area contributed by atoms with E-state index in [4.69, 9.17) is 9.47 Å². The van der Waals surface area contributed by atoms with Gasteiger partial charge in [-0.25, -0.2) is 0 Å². The quantitative estimate of drug-likeness (QED) is 0.662. The van der Waals surface area contributed by atoms with Gasteiger partial charge in [-0.15, -0.1) is 0 Å². The highest BCUT2D eigenvalue weighted by molar-refractivity contribution is 5.43. The number of hydrogen-bond acceptors (Lipinski definition) is 6. The van der Waals surface area contributed by atoms with Crippen molar-refractivity contribution in [3.63, 3.8) is 0 Å². The predicted molar refractivity (Wildman–Crippen MR) is 70.7 cm³/mol. The molecule has 1 aromatic heterocycles. The van der Waals surface area contributed by atoms with Gasteiger partial charge in [-0.1, -0.05) is 0 Å². The first-order chi connectivity index (χ1) is 9.69. The maximum atomic E-state index is 10.9. The number of nitrogens with zero attached hydrogens (tertiary/aromatic N) is 2. The zero-order valence-electron chi connectivity index (χ0n) is 11.1. The zero-order valence-corrected chi connectivity index (χ0v) is 11.1. The van der Waals surface area contributed by atoms with Crippen LogP contribution in [0.25, 0.3) is 0 Å². The van der Waals surface area contributed by atoms with E-state index in [2.05, 4.69) is 10.3 Å². The monoisotopic (exact) mass is 279 g/mol. The molecular weight excluding hydrogens is 262 g/mol. The van der Waals surface area contributed by atoms with Crippen LogP contribution in [0.3, 0.4) is 0 Å². The molecular formula is C13H17N3O4. The molecule has 108 valence electrons. The van der Waals surface area contributed by atoms with Gasteiger partial charge >= 0.3 is 5.69 Å². The second-order valence-electron chi connectivity index (χ2n) is 5.29. The van der Waals surface area contributed by atoms with Gasteiger partial charge in [0.05, 0.1) is 17.1 Å². The summed E-state index contributed by atoms with van der Waals surface area (Å²) in [6.07, 6.45) is 5.29. The van der Waals surface area contributed by atoms with Crippen molar-refractivity contribution in [3.05, 3.63) is 28.6 Å². The van der Waals surface area contributed by atoms with Crippen LogP contribution < -0.4 is 10.1 Å². The Bertz CT molecular complexity index is 502. The van der Waals surface area contributed by atoms with Crippen molar-refractivity contribution in [2.24, 2.45) is 0 Å². The van der Waals surface area contributed by atoms with Crippen LogP contribution in [-0.4, -0.2) is 41.3 Å². The Hall–Kier alpha value is -1.73. The third-order valence-corrected chi connectivity index (χ3v) is 3.94. The molecule has 2 aliphatic heterocycles. The van der Waals surface area contributed by atoms with Gasteiger partial charge in [-0.05, 0) is 25.9 Å². The third kappa shape index (κ3) is 2.59. The van der Waals surface area contributed by atoms with Gasteiger partial charge in [0, 0.05) is 18.7 Å². The van der Waals surface area contributed by atoms with Crippen LogP contribution in [0.5, 0.6) is 5.75 Å². The van der Waals surface area contributed by atoms with E-state index in [9.17, 15) is 10.1 Å². The number of piperidine rings is 1. The first-order valence-electron chi connectivity index (χ1n) is 6.78. The fraction of sp³-hybridized carbons (Fsp3) is 0.615. The lowest BCUT2D eigenvalue weighted by molar-refractivity contribution is -0.386. The fourth-order valence-corrected chi connectivity index (χ4v) is 2.90. The van der Waals surface area contributed by atoms with Crippen molar-refractivity contribution < 1.29 is 14.4 Å². The van der Waals surface area contributed by atoms with Crippen molar-refractivity contribution in [2.75, 3.05) is 19.7 Å². The van der Waals surface area contributed by atoms with Crippen LogP contribution in [0, 0.1) is 10.1 Å². The van der Waals surface area contributed by atoms with Gasteiger partial charge in [0.2, 0.25) is 5.75 Å². The second kappa shape index (κ2) is 5.34. The van der Waals surface area contributed by atoms with Gasteiger partial charge in [-0.3, -0.25) is 15.1 Å². The van der Waals surface area contributed by atoms with Crippen molar-refractivity contribution in [2.45, 2.75) is 31.0 Å². The Labute approximate surface area is 116 Å². The normalized spacial score (nSPS) is 24.7. The Morgan fingerprint density at radius 2 is 2.30 bits per heavy atom. The largest absolute Gasteiger partial charge is 0.481 e. The summed E-state index contributed by atoms with van der Waals surface area (Å²) in [7, 11) is 0. The van der Waals surface area contributed by atoms with Crippen LogP contribution >= 0.6 is 0 Å². The Morgan fingerprint density at radius 3 is 3.05 bits per heavy atom. The molecule has 2 fully saturated rings. The Morgan fingerprint density at radius 1 is 1.50 bits per heavy atom. The molecule has 0 aromatic carbocycles. The molecule has 1 unspecified atom stereocenters. The van der Waals surface area contributed by atoms with Crippen LogP contribution in [0.2, 0.25) is 0 Å². The summed E-state index contributed by atoms with van der Waals surface area (Å²) in [5.41, 5.74) is -0.212. The number of ether oxygens (including phenoxy) is 2. The molecule has 0 saturated carbocycles. The van der Waals surface area contributed by atoms with Crippen molar-refractivity contribution in [3.8, 4) is 5.75 Å². The lowest BCUT2D eigenvalue weighted by atomic mass is 9.89. The van der Waals surface area contributed by atoms with Gasteiger partial charge in [0.15, 0.2) is 0 Å². The Balaban J connectivity index is 1.69. The Kier molecular flexibility index (Phi) is 3.54. The highest BCUT2D eigenvalue weighted by Gasteiger charge is 2.42. The number of pyridine rings is 1. The minimum Gasteiger partial charge on any atom is -0.481 e. The van der Waals surface area contributed by atoms with Crippen molar-refractivity contribution in [1.82, 2.24) is 10.3 Å². The number of hydrogen-bond donors (Lipinski definition) is 1. The van der Waals surface area contributed by atoms with Gasteiger partial charge in [0.1, 0.15) is 12.3 Å². The van der Waals surface area contributed by atoms with Crippen molar-refractivity contribution >= 4 is 5.69 Å². The van der Waals surface area contributed by atoms with E-state index in [0.717, 1.165) is 32.4 Å². The van der Waals surface area contributed by atoms with Crippen molar-refractivity contribution in [1.29, 1.82) is 0 Å². The van der Waals surface area contributed by atoms with E-state index in [1.165, 1.54) is 18.5 Å². The predicted octanol–water partition coefficient (Wildman–Crippen LogP) is 1.28. The summed E-state index contributed by atoms with van der Waals surface area (Å²) < 4.78 is 11.7. The van der Waals surface area contributed by atoms with Gasteiger partial charge in [-0.2, -0.15) is 0 Å². The highest BCUT2D eigenvalue weighted by Crippen LogP contribution is 2.37. The molecule has 3 rings (SSSR count). The van der Waals surface area contributed by atoms with E-state index >= 15 is 0 Å². The van der Waals surface area contributed by atoms with Crippen LogP contribution in [0.15, 0.2) is 18.5 Å². The van der Waals surface area contributed by atoms with Gasteiger partial charge in [0.25, 0.3) is 0 Å². The minimum absolute atomic E-state index is 0.0984. The summed E-state index contributed by atoms with van der Waals surface area (Å²) in [6, 6.07) is 1.53. The molecule has 0 bridgehead atoms. The lowest BCUT2D eigenvalue weighted by Gasteiger charge is -2.32. The SMILES string of the molecule is O=[N+]([O-])c1cnccc1OC1COC2(CCNCC2)C1. The summed E-state index contributed by atoms with van der Waals surface area (Å²) in [5, 5.41) is 14.2. The number of aromatic nitrogens is 1. The van der Waals surface area contributed by atoms with Crippen LogP contribution in [-0.2, 0) is 4.74 Å². The molecule has 1 N–H and O–H groups in total. The number of rotatable bonds is 3. The molecule has 20 heavy (non-hydrogen) atoms. The molecule has 2 saturated heterocycles. The standard InChI is InChI=1S/C13H17N3O4/c17-16(18)11-8-15-4-1-12(11)20-10-7-13(19-9-10)2-5-14-6-3-13/h1,4,8,10,14H,2-3,5-7,9H2. The molecule has 0 aliphatic carbocycles. The first-order valence-corrected chi connectivity index (χ1v) is 6.78. The smallest absolute Gasteiger partial charge is 0.329 e. The van der Waals surface area contributed by atoms with E-state index in [0.29, 0.717) is 6.61 Å². The molecule has 0 amide bonds. The molecule has 1 aromatic rings. The lowest BCUT2D eigenvalue weighted by Crippen LogP contribution is -2.41. The zero-order chi connectivity index (χ0) is 14.0. The van der Waals surface area contributed by atoms with Crippen LogP contribution in [0.4, 0.5) is 5.69 Å². The molecule has 7 nitrogen and oxygen atoms in total. The maximum Gasteiger partial charge on any atom is 0.329 e. The average Bonchev–Trinajstić information content (AvgIpc) is 2.82. The molecule has 2 aliphatic rings.